The van der Waals surface area contributed by atoms with Gasteiger partial charge in [0.1, 0.15) is 5.01 Å². The number of ether oxygens (including phenoxy) is 1. The molecule has 0 radical (unpaired) electrons. The van der Waals surface area contributed by atoms with Gasteiger partial charge in [0.25, 0.3) is 0 Å². The summed E-state index contributed by atoms with van der Waals surface area (Å²) in [6.07, 6.45) is 2.36. The van der Waals surface area contributed by atoms with Crippen molar-refractivity contribution in [1.82, 2.24) is 20.1 Å². The largest absolute Gasteiger partial charge is 0.376 e. The quantitative estimate of drug-likeness (QED) is 0.821. The second kappa shape index (κ2) is 8.65. The number of nitrogens with one attached hydrogen (secondary N) is 1. The molecule has 2 aliphatic heterocycles. The second-order valence-electron chi connectivity index (χ2n) is 7.44. The van der Waals surface area contributed by atoms with Crippen LogP contribution in [0.1, 0.15) is 24.8 Å². The Balaban J connectivity index is 1.23. The van der Waals surface area contributed by atoms with Gasteiger partial charge in [-0.3, -0.25) is 14.6 Å². The first-order valence-electron chi connectivity index (χ1n) is 9.89. The summed E-state index contributed by atoms with van der Waals surface area (Å²) < 4.78 is 6.83. The molecule has 0 unspecified atom stereocenters. The van der Waals surface area contributed by atoms with Gasteiger partial charge in [-0.05, 0) is 31.9 Å². The van der Waals surface area contributed by atoms with Gasteiger partial charge in [-0.15, -0.1) is 11.3 Å². The Kier molecular flexibility index (Phi) is 6.02. The number of fused-ring (bicyclic) bond motifs is 1. The molecule has 0 spiro atoms. The number of carbonyl (C=O) groups is 1. The Morgan fingerprint density at radius 1 is 1.33 bits per heavy atom. The van der Waals surface area contributed by atoms with E-state index in [0.29, 0.717) is 6.54 Å². The first-order chi connectivity index (χ1) is 13.2. The number of hydrogen-bond acceptors (Lipinski definition) is 6. The lowest BCUT2D eigenvalue weighted by atomic mass is 10.2. The van der Waals surface area contributed by atoms with Crippen molar-refractivity contribution in [3.05, 3.63) is 29.3 Å². The Bertz CT molecular complexity index is 733. The topological polar surface area (TPSA) is 57.7 Å². The summed E-state index contributed by atoms with van der Waals surface area (Å²) in [5.74, 6) is 0.116. The van der Waals surface area contributed by atoms with Crippen molar-refractivity contribution in [2.24, 2.45) is 0 Å². The molecule has 7 heteroatoms. The fourth-order valence-electron chi connectivity index (χ4n) is 3.82. The zero-order valence-corrected chi connectivity index (χ0v) is 16.7. The van der Waals surface area contributed by atoms with Crippen molar-refractivity contribution in [3.63, 3.8) is 0 Å². The highest BCUT2D eigenvalue weighted by Gasteiger charge is 2.26. The third kappa shape index (κ3) is 4.66. The molecule has 0 saturated carbocycles. The number of thiazole rings is 1. The van der Waals surface area contributed by atoms with Crippen LogP contribution in [0.3, 0.4) is 0 Å². The highest BCUT2D eigenvalue weighted by molar-refractivity contribution is 7.18. The molecule has 1 N–H and O–H groups in total. The standard InChI is InChI=1S/C20H28N4O2S/c1-15(20(25)21-13-16-5-4-12-26-16)24-10-8-23(9-11-24)14-19-22-17-6-2-3-7-18(17)27-19/h2-3,6-7,15-16H,4-5,8-14H2,1H3,(H,21,25)/t15-,16-/m0/s1. The third-order valence-corrected chi connectivity index (χ3v) is 6.58. The van der Waals surface area contributed by atoms with E-state index in [9.17, 15) is 4.79 Å². The van der Waals surface area contributed by atoms with Crippen molar-refractivity contribution < 1.29 is 9.53 Å². The van der Waals surface area contributed by atoms with Crippen LogP contribution in [0.5, 0.6) is 0 Å². The minimum absolute atomic E-state index is 0.0870. The molecular formula is C20H28N4O2S. The van der Waals surface area contributed by atoms with Gasteiger partial charge in [0.15, 0.2) is 0 Å². The molecular weight excluding hydrogens is 360 g/mol. The van der Waals surface area contributed by atoms with Crippen molar-refractivity contribution >= 4 is 27.5 Å². The molecule has 0 aliphatic carbocycles. The number of piperazine rings is 1. The fraction of sp³-hybridized carbons (Fsp3) is 0.600. The summed E-state index contributed by atoms with van der Waals surface area (Å²) in [4.78, 5) is 21.9. The van der Waals surface area contributed by atoms with Crippen LogP contribution in [0.2, 0.25) is 0 Å². The van der Waals surface area contributed by atoms with Crippen LogP contribution in [0, 0.1) is 0 Å². The average molecular weight is 389 g/mol. The molecule has 2 atom stereocenters. The Hall–Kier alpha value is -1.54. The van der Waals surface area contributed by atoms with E-state index in [-0.39, 0.29) is 18.1 Å². The summed E-state index contributed by atoms with van der Waals surface area (Å²) in [7, 11) is 0. The summed E-state index contributed by atoms with van der Waals surface area (Å²) in [6.45, 7) is 8.14. The number of para-hydroxylation sites is 1. The van der Waals surface area contributed by atoms with Gasteiger partial charge in [-0.25, -0.2) is 4.98 Å². The van der Waals surface area contributed by atoms with Gasteiger partial charge in [0.05, 0.1) is 28.9 Å². The molecule has 1 aromatic carbocycles. The van der Waals surface area contributed by atoms with Crippen molar-refractivity contribution in [2.45, 2.75) is 38.5 Å². The summed E-state index contributed by atoms with van der Waals surface area (Å²) >= 11 is 1.78. The number of carbonyl (C=O) groups excluding carboxylic acids is 1. The van der Waals surface area contributed by atoms with Crippen molar-refractivity contribution in [3.8, 4) is 0 Å². The van der Waals surface area contributed by atoms with Crippen LogP contribution in [0.25, 0.3) is 10.2 Å². The van der Waals surface area contributed by atoms with Gasteiger partial charge in [-0.2, -0.15) is 0 Å². The van der Waals surface area contributed by atoms with Crippen LogP contribution in [0.15, 0.2) is 24.3 Å². The summed E-state index contributed by atoms with van der Waals surface area (Å²) in [5.41, 5.74) is 1.09. The molecule has 1 amide bonds. The maximum Gasteiger partial charge on any atom is 0.237 e. The Morgan fingerprint density at radius 3 is 2.89 bits per heavy atom. The lowest BCUT2D eigenvalue weighted by Gasteiger charge is -2.37. The zero-order chi connectivity index (χ0) is 18.6. The van der Waals surface area contributed by atoms with E-state index in [1.165, 1.54) is 9.71 Å². The maximum atomic E-state index is 12.4. The summed E-state index contributed by atoms with van der Waals surface area (Å²) in [6, 6.07) is 8.22. The highest BCUT2D eigenvalue weighted by atomic mass is 32.1. The van der Waals surface area contributed by atoms with Gasteiger partial charge < -0.3 is 10.1 Å². The van der Waals surface area contributed by atoms with Crippen LogP contribution < -0.4 is 5.32 Å². The first kappa shape index (κ1) is 18.8. The molecule has 27 heavy (non-hydrogen) atoms. The zero-order valence-electron chi connectivity index (χ0n) is 15.9. The average Bonchev–Trinajstić information content (AvgIpc) is 3.35. The molecule has 3 heterocycles. The molecule has 146 valence electrons. The summed E-state index contributed by atoms with van der Waals surface area (Å²) in [5, 5.41) is 4.23. The predicted molar refractivity (Wildman–Crippen MR) is 108 cm³/mol. The Labute approximate surface area is 164 Å². The SMILES string of the molecule is C[C@@H](C(=O)NC[C@@H]1CCCO1)N1CCN(Cc2nc3ccccc3s2)CC1. The molecule has 6 nitrogen and oxygen atoms in total. The van der Waals surface area contributed by atoms with Crippen LogP contribution >= 0.6 is 11.3 Å². The number of amides is 1. The number of rotatable bonds is 6. The smallest absolute Gasteiger partial charge is 0.237 e. The van der Waals surface area contributed by atoms with Crippen molar-refractivity contribution in [1.29, 1.82) is 0 Å². The van der Waals surface area contributed by atoms with E-state index in [2.05, 4.69) is 33.3 Å². The number of hydrogen-bond donors (Lipinski definition) is 1. The number of benzene rings is 1. The van der Waals surface area contributed by atoms with Gasteiger partial charge in [0, 0.05) is 39.3 Å². The number of nitrogens with zero attached hydrogens (tertiary/aromatic N) is 3. The molecule has 2 fully saturated rings. The van der Waals surface area contributed by atoms with Gasteiger partial charge in [-0.1, -0.05) is 12.1 Å². The molecule has 4 rings (SSSR count). The lowest BCUT2D eigenvalue weighted by molar-refractivity contribution is -0.127. The molecule has 0 bridgehead atoms. The minimum Gasteiger partial charge on any atom is -0.376 e. The number of aromatic nitrogens is 1. The fourth-order valence-corrected chi connectivity index (χ4v) is 4.83. The normalized spacial score (nSPS) is 22.9. The molecule has 2 aliphatic rings. The second-order valence-corrected chi connectivity index (χ2v) is 8.56. The Morgan fingerprint density at radius 2 is 2.15 bits per heavy atom. The molecule has 1 aromatic heterocycles. The molecule has 2 saturated heterocycles. The first-order valence-corrected chi connectivity index (χ1v) is 10.7. The predicted octanol–water partition coefficient (Wildman–Crippen LogP) is 2.10. The van der Waals surface area contributed by atoms with E-state index in [1.54, 1.807) is 11.3 Å². The van der Waals surface area contributed by atoms with Gasteiger partial charge in [0.2, 0.25) is 5.91 Å². The van der Waals surface area contributed by atoms with Crippen LogP contribution in [0.4, 0.5) is 0 Å². The van der Waals surface area contributed by atoms with E-state index in [1.807, 2.05) is 13.0 Å². The van der Waals surface area contributed by atoms with E-state index < -0.39 is 0 Å². The lowest BCUT2D eigenvalue weighted by Crippen LogP contribution is -2.54. The van der Waals surface area contributed by atoms with E-state index >= 15 is 0 Å². The van der Waals surface area contributed by atoms with E-state index in [0.717, 1.165) is 57.7 Å². The minimum atomic E-state index is -0.0870. The van der Waals surface area contributed by atoms with Crippen LogP contribution in [-0.4, -0.2) is 72.2 Å². The monoisotopic (exact) mass is 388 g/mol. The van der Waals surface area contributed by atoms with Crippen molar-refractivity contribution in [2.75, 3.05) is 39.3 Å². The molecule has 2 aromatic rings. The maximum absolute atomic E-state index is 12.4. The highest BCUT2D eigenvalue weighted by Crippen LogP contribution is 2.23. The van der Waals surface area contributed by atoms with Gasteiger partial charge >= 0.3 is 0 Å². The van der Waals surface area contributed by atoms with Crippen LogP contribution in [-0.2, 0) is 16.1 Å². The third-order valence-electron chi connectivity index (χ3n) is 5.56. The van der Waals surface area contributed by atoms with E-state index in [4.69, 9.17) is 9.72 Å².